The summed E-state index contributed by atoms with van der Waals surface area (Å²) in [7, 11) is 0. The van der Waals surface area contributed by atoms with Gasteiger partial charge in [0.25, 0.3) is 5.91 Å². The van der Waals surface area contributed by atoms with Crippen molar-refractivity contribution in [2.45, 2.75) is 39.2 Å². The van der Waals surface area contributed by atoms with Gasteiger partial charge in [0.2, 0.25) is 0 Å². The standard InChI is InChI=1S/C27H34N4O2/c1-19-13-20(2)25(27(33)31-12-9-29-24(17-31)18-32)15-23(19)14-21-7-10-30(11-8-21)26-6-4-3-5-22(26)16-28/h3-6,13,15,21,24,29,32H,7-12,14,17-18H2,1-2H3/t24-/m0/s1. The fourth-order valence-electron chi connectivity index (χ4n) is 5.18. The smallest absolute Gasteiger partial charge is 0.254 e. The highest BCUT2D eigenvalue weighted by Crippen LogP contribution is 2.29. The van der Waals surface area contributed by atoms with E-state index in [4.69, 9.17) is 0 Å². The number of piperazine rings is 1. The molecule has 2 fully saturated rings. The molecule has 1 atom stereocenters. The lowest BCUT2D eigenvalue weighted by Crippen LogP contribution is -2.54. The molecule has 6 nitrogen and oxygen atoms in total. The lowest BCUT2D eigenvalue weighted by atomic mass is 9.86. The molecule has 0 radical (unpaired) electrons. The van der Waals surface area contributed by atoms with E-state index in [2.05, 4.69) is 35.3 Å². The van der Waals surface area contributed by atoms with Gasteiger partial charge in [-0.2, -0.15) is 5.26 Å². The molecule has 2 aromatic carbocycles. The SMILES string of the molecule is Cc1cc(C)c(C(=O)N2CCN[C@H](CO)C2)cc1CC1CCN(c2ccccc2C#N)CC1. The van der Waals surface area contributed by atoms with Crippen LogP contribution in [0.1, 0.15) is 45.5 Å². The van der Waals surface area contributed by atoms with Gasteiger partial charge in [-0.15, -0.1) is 0 Å². The summed E-state index contributed by atoms with van der Waals surface area (Å²) in [4.78, 5) is 17.5. The van der Waals surface area contributed by atoms with E-state index in [1.165, 1.54) is 11.1 Å². The van der Waals surface area contributed by atoms with Gasteiger partial charge >= 0.3 is 0 Å². The van der Waals surface area contributed by atoms with Crippen molar-refractivity contribution in [1.82, 2.24) is 10.2 Å². The van der Waals surface area contributed by atoms with Gasteiger partial charge in [0.05, 0.1) is 17.9 Å². The number of nitrogens with zero attached hydrogens (tertiary/aromatic N) is 3. The fourth-order valence-corrected chi connectivity index (χ4v) is 5.18. The topological polar surface area (TPSA) is 79.6 Å². The number of anilines is 1. The third-order valence-electron chi connectivity index (χ3n) is 7.16. The Morgan fingerprint density at radius 2 is 1.91 bits per heavy atom. The molecule has 4 rings (SSSR count). The molecule has 2 heterocycles. The van der Waals surface area contributed by atoms with E-state index in [9.17, 15) is 15.2 Å². The molecule has 174 valence electrons. The first-order chi connectivity index (χ1) is 16.0. The van der Waals surface area contributed by atoms with E-state index >= 15 is 0 Å². The third-order valence-corrected chi connectivity index (χ3v) is 7.16. The van der Waals surface area contributed by atoms with Crippen molar-refractivity contribution in [2.75, 3.05) is 44.2 Å². The number of carbonyl (C=O) groups is 1. The highest BCUT2D eigenvalue weighted by molar-refractivity contribution is 5.96. The molecule has 0 aliphatic carbocycles. The van der Waals surface area contributed by atoms with Gasteiger partial charge in [-0.05, 0) is 73.9 Å². The predicted octanol–water partition coefficient (Wildman–Crippen LogP) is 3.04. The number of benzene rings is 2. The van der Waals surface area contributed by atoms with Crippen LogP contribution in [0.25, 0.3) is 0 Å². The molecule has 0 saturated carbocycles. The van der Waals surface area contributed by atoms with Gasteiger partial charge in [0, 0.05) is 44.3 Å². The number of nitriles is 1. The van der Waals surface area contributed by atoms with Crippen molar-refractivity contribution in [1.29, 1.82) is 5.26 Å². The van der Waals surface area contributed by atoms with Crippen LogP contribution >= 0.6 is 0 Å². The molecule has 2 aromatic rings. The van der Waals surface area contributed by atoms with Crippen molar-refractivity contribution >= 4 is 11.6 Å². The second-order valence-corrected chi connectivity index (χ2v) is 9.44. The van der Waals surface area contributed by atoms with Gasteiger partial charge in [-0.25, -0.2) is 0 Å². The minimum absolute atomic E-state index is 0.0411. The summed E-state index contributed by atoms with van der Waals surface area (Å²) in [6.07, 6.45) is 3.12. The van der Waals surface area contributed by atoms with Crippen molar-refractivity contribution in [3.63, 3.8) is 0 Å². The number of hydrogen-bond donors (Lipinski definition) is 2. The number of hydrogen-bond acceptors (Lipinski definition) is 5. The van der Waals surface area contributed by atoms with Gasteiger partial charge in [-0.1, -0.05) is 18.2 Å². The molecule has 33 heavy (non-hydrogen) atoms. The van der Waals surface area contributed by atoms with E-state index in [1.54, 1.807) is 0 Å². The summed E-state index contributed by atoms with van der Waals surface area (Å²) >= 11 is 0. The van der Waals surface area contributed by atoms with Crippen LogP contribution in [0.15, 0.2) is 36.4 Å². The number of piperidine rings is 1. The van der Waals surface area contributed by atoms with Crippen LogP contribution in [0.5, 0.6) is 0 Å². The van der Waals surface area contributed by atoms with Crippen LogP contribution in [-0.2, 0) is 6.42 Å². The number of rotatable bonds is 5. The Bertz CT molecular complexity index is 1040. The minimum atomic E-state index is -0.0516. The zero-order valence-electron chi connectivity index (χ0n) is 19.7. The molecule has 0 unspecified atom stereocenters. The monoisotopic (exact) mass is 446 g/mol. The van der Waals surface area contributed by atoms with E-state index in [-0.39, 0.29) is 18.6 Å². The molecule has 0 spiro atoms. The van der Waals surface area contributed by atoms with Crippen molar-refractivity contribution in [3.8, 4) is 6.07 Å². The zero-order valence-corrected chi connectivity index (χ0v) is 19.7. The Balaban J connectivity index is 1.44. The Labute approximate surface area is 196 Å². The second kappa shape index (κ2) is 10.4. The molecule has 1 amide bonds. The Morgan fingerprint density at radius 1 is 1.15 bits per heavy atom. The summed E-state index contributed by atoms with van der Waals surface area (Å²) in [5.74, 6) is 0.634. The molecule has 0 aromatic heterocycles. The molecular weight excluding hydrogens is 412 g/mol. The van der Waals surface area contributed by atoms with Crippen LogP contribution in [0.3, 0.4) is 0 Å². The summed E-state index contributed by atoms with van der Waals surface area (Å²) < 4.78 is 0. The number of aryl methyl sites for hydroxylation is 2. The molecule has 2 aliphatic heterocycles. The fraction of sp³-hybridized carbons (Fsp3) is 0.481. The highest BCUT2D eigenvalue weighted by Gasteiger charge is 2.26. The van der Waals surface area contributed by atoms with Crippen LogP contribution < -0.4 is 10.2 Å². The molecular formula is C27H34N4O2. The largest absolute Gasteiger partial charge is 0.395 e. The number of aliphatic hydroxyl groups excluding tert-OH is 1. The summed E-state index contributed by atoms with van der Waals surface area (Å²) in [5.41, 5.74) is 6.08. The maximum Gasteiger partial charge on any atom is 0.254 e. The summed E-state index contributed by atoms with van der Waals surface area (Å²) in [6, 6.07) is 14.4. The maximum atomic E-state index is 13.3. The average Bonchev–Trinajstić information content (AvgIpc) is 2.85. The minimum Gasteiger partial charge on any atom is -0.395 e. The van der Waals surface area contributed by atoms with E-state index in [0.29, 0.717) is 25.6 Å². The van der Waals surface area contributed by atoms with E-state index in [1.807, 2.05) is 36.1 Å². The number of amides is 1. The van der Waals surface area contributed by atoms with E-state index < -0.39 is 0 Å². The number of aliphatic hydroxyl groups is 1. The first-order valence-electron chi connectivity index (χ1n) is 12.0. The lowest BCUT2D eigenvalue weighted by molar-refractivity contribution is 0.0670. The molecule has 2 N–H and O–H groups in total. The quantitative estimate of drug-likeness (QED) is 0.738. The van der Waals surface area contributed by atoms with Gasteiger partial charge in [-0.3, -0.25) is 4.79 Å². The molecule has 0 bridgehead atoms. The molecule has 2 saturated heterocycles. The average molecular weight is 447 g/mol. The first-order valence-corrected chi connectivity index (χ1v) is 12.0. The second-order valence-electron chi connectivity index (χ2n) is 9.44. The number of carbonyl (C=O) groups excluding carboxylic acids is 1. The first kappa shape index (κ1) is 23.3. The predicted molar refractivity (Wildman–Crippen MR) is 130 cm³/mol. The summed E-state index contributed by atoms with van der Waals surface area (Å²) in [6.45, 7) is 8.01. The Kier molecular flexibility index (Phi) is 7.32. The van der Waals surface area contributed by atoms with Crippen LogP contribution in [0.4, 0.5) is 5.69 Å². The van der Waals surface area contributed by atoms with Crippen molar-refractivity contribution in [3.05, 3.63) is 64.2 Å². The Morgan fingerprint density at radius 3 is 2.64 bits per heavy atom. The van der Waals surface area contributed by atoms with Crippen LogP contribution in [0, 0.1) is 31.1 Å². The van der Waals surface area contributed by atoms with Crippen LogP contribution in [0.2, 0.25) is 0 Å². The molecule has 6 heteroatoms. The van der Waals surface area contributed by atoms with E-state index in [0.717, 1.165) is 54.7 Å². The maximum absolute atomic E-state index is 13.3. The lowest BCUT2D eigenvalue weighted by Gasteiger charge is -2.35. The summed E-state index contributed by atoms with van der Waals surface area (Å²) in [5, 5.41) is 22.1. The zero-order chi connectivity index (χ0) is 23.4. The number of nitrogens with one attached hydrogen (secondary N) is 1. The normalized spacial score (nSPS) is 19.4. The molecule has 2 aliphatic rings. The van der Waals surface area contributed by atoms with Crippen LogP contribution in [-0.4, -0.2) is 61.3 Å². The van der Waals surface area contributed by atoms with Gasteiger partial charge < -0.3 is 20.2 Å². The van der Waals surface area contributed by atoms with Gasteiger partial charge in [0.15, 0.2) is 0 Å². The third kappa shape index (κ3) is 5.21. The highest BCUT2D eigenvalue weighted by atomic mass is 16.3. The van der Waals surface area contributed by atoms with Crippen molar-refractivity contribution in [2.24, 2.45) is 5.92 Å². The Hall–Kier alpha value is -2.88. The number of para-hydroxylation sites is 1. The van der Waals surface area contributed by atoms with Gasteiger partial charge in [0.1, 0.15) is 6.07 Å². The van der Waals surface area contributed by atoms with Crippen molar-refractivity contribution < 1.29 is 9.90 Å².